The van der Waals surface area contributed by atoms with Crippen LogP contribution in [0.1, 0.15) is 25.8 Å². The fourth-order valence-electron chi connectivity index (χ4n) is 1.62. The van der Waals surface area contributed by atoms with Crippen LogP contribution in [-0.4, -0.2) is 35.5 Å². The molecule has 96 valence electrons. The fourth-order valence-corrected chi connectivity index (χ4v) is 1.62. The lowest BCUT2D eigenvalue weighted by atomic mass is 10.3. The van der Waals surface area contributed by atoms with Gasteiger partial charge in [-0.05, 0) is 25.0 Å². The molecule has 4 heteroatoms. The third kappa shape index (κ3) is 4.61. The highest BCUT2D eigenvalue weighted by atomic mass is 16.2. The Balaban J connectivity index is 2.28. The van der Waals surface area contributed by atoms with Crippen molar-refractivity contribution in [2.45, 2.75) is 33.4 Å². The Morgan fingerprint density at radius 2 is 2.24 bits per heavy atom. The number of carbonyl (C=O) groups is 1. The van der Waals surface area contributed by atoms with E-state index >= 15 is 0 Å². The third-order valence-electron chi connectivity index (χ3n) is 2.80. The summed E-state index contributed by atoms with van der Waals surface area (Å²) in [6.45, 7) is 7.11. The van der Waals surface area contributed by atoms with Crippen LogP contribution in [-0.2, 0) is 17.9 Å². The molecule has 17 heavy (non-hydrogen) atoms. The summed E-state index contributed by atoms with van der Waals surface area (Å²) < 4.78 is 2.18. The molecule has 4 nitrogen and oxygen atoms in total. The molecule has 0 aliphatic rings. The minimum Gasteiger partial charge on any atom is -0.354 e. The van der Waals surface area contributed by atoms with Crippen molar-refractivity contribution in [1.29, 1.82) is 0 Å². The molecular weight excluding hydrogens is 214 g/mol. The van der Waals surface area contributed by atoms with Crippen molar-refractivity contribution in [3.05, 3.63) is 24.0 Å². The van der Waals surface area contributed by atoms with Gasteiger partial charge in [0.1, 0.15) is 0 Å². The van der Waals surface area contributed by atoms with Crippen LogP contribution in [0.5, 0.6) is 0 Å². The molecule has 0 bridgehead atoms. The second kappa shape index (κ2) is 7.12. The Labute approximate surface area is 104 Å². The lowest BCUT2D eigenvalue weighted by molar-refractivity contribution is -0.128. The Kier molecular flexibility index (Phi) is 5.77. The molecule has 0 aromatic carbocycles. The van der Waals surface area contributed by atoms with Crippen molar-refractivity contribution in [3.8, 4) is 0 Å². The Morgan fingerprint density at radius 3 is 2.88 bits per heavy atom. The van der Waals surface area contributed by atoms with Crippen molar-refractivity contribution in [1.82, 2.24) is 14.8 Å². The summed E-state index contributed by atoms with van der Waals surface area (Å²) in [5.74, 6) is 0.139. The maximum atomic E-state index is 11.5. The molecule has 1 N–H and O–H groups in total. The summed E-state index contributed by atoms with van der Waals surface area (Å²) in [5.41, 5.74) is 1.23. The minimum absolute atomic E-state index is 0.139. The molecule has 0 saturated heterocycles. The SMILES string of the molecule is CCCn1ccc(CNCC(=O)N(C)CC)c1. The number of rotatable bonds is 7. The number of hydrogen-bond acceptors (Lipinski definition) is 2. The van der Waals surface area contributed by atoms with E-state index in [0.29, 0.717) is 6.54 Å². The van der Waals surface area contributed by atoms with Gasteiger partial charge in [-0.1, -0.05) is 6.92 Å². The second-order valence-electron chi connectivity index (χ2n) is 4.27. The van der Waals surface area contributed by atoms with E-state index in [-0.39, 0.29) is 5.91 Å². The monoisotopic (exact) mass is 237 g/mol. The van der Waals surface area contributed by atoms with Gasteiger partial charge in [0.2, 0.25) is 5.91 Å². The van der Waals surface area contributed by atoms with Crippen LogP contribution in [0.25, 0.3) is 0 Å². The minimum atomic E-state index is 0.139. The van der Waals surface area contributed by atoms with E-state index in [1.807, 2.05) is 14.0 Å². The van der Waals surface area contributed by atoms with E-state index in [9.17, 15) is 4.79 Å². The molecule has 0 aliphatic carbocycles. The Hall–Kier alpha value is -1.29. The molecule has 1 aromatic heterocycles. The zero-order valence-electron chi connectivity index (χ0n) is 11.1. The van der Waals surface area contributed by atoms with E-state index < -0.39 is 0 Å². The smallest absolute Gasteiger partial charge is 0.236 e. The number of amides is 1. The molecule has 1 amide bonds. The molecule has 0 fully saturated rings. The molecular formula is C13H23N3O. The maximum Gasteiger partial charge on any atom is 0.236 e. The van der Waals surface area contributed by atoms with Gasteiger partial charge in [-0.15, -0.1) is 0 Å². The number of aryl methyl sites for hydroxylation is 1. The van der Waals surface area contributed by atoms with Gasteiger partial charge in [-0.2, -0.15) is 0 Å². The van der Waals surface area contributed by atoms with Gasteiger partial charge in [-0.3, -0.25) is 4.79 Å². The van der Waals surface area contributed by atoms with Crippen molar-refractivity contribution >= 4 is 5.91 Å². The standard InChI is InChI=1S/C13H23N3O/c1-4-7-16-8-6-12(11-16)9-14-10-13(17)15(3)5-2/h6,8,11,14H,4-5,7,9-10H2,1-3H3. The largest absolute Gasteiger partial charge is 0.354 e. The summed E-state index contributed by atoms with van der Waals surface area (Å²) in [6, 6.07) is 2.09. The van der Waals surface area contributed by atoms with Crippen LogP contribution < -0.4 is 5.32 Å². The van der Waals surface area contributed by atoms with E-state index in [4.69, 9.17) is 0 Å². The first-order chi connectivity index (χ1) is 8.17. The molecule has 0 saturated carbocycles. The highest BCUT2D eigenvalue weighted by Gasteiger charge is 2.05. The fraction of sp³-hybridized carbons (Fsp3) is 0.615. The first kappa shape index (κ1) is 13.8. The second-order valence-corrected chi connectivity index (χ2v) is 4.27. The molecule has 0 spiro atoms. The number of aromatic nitrogens is 1. The van der Waals surface area contributed by atoms with Gasteiger partial charge in [0, 0.05) is 39.1 Å². The Bertz CT molecular complexity index is 346. The van der Waals surface area contributed by atoms with Gasteiger partial charge in [-0.25, -0.2) is 0 Å². The van der Waals surface area contributed by atoms with Crippen LogP contribution in [0.4, 0.5) is 0 Å². The van der Waals surface area contributed by atoms with E-state index in [1.165, 1.54) is 5.56 Å². The normalized spacial score (nSPS) is 10.5. The van der Waals surface area contributed by atoms with Crippen LogP contribution in [0.15, 0.2) is 18.5 Å². The third-order valence-corrected chi connectivity index (χ3v) is 2.80. The summed E-state index contributed by atoms with van der Waals surface area (Å²) in [7, 11) is 1.82. The van der Waals surface area contributed by atoms with Crippen molar-refractivity contribution in [2.24, 2.45) is 0 Å². The van der Waals surface area contributed by atoms with Gasteiger partial charge in [0.05, 0.1) is 6.54 Å². The van der Waals surface area contributed by atoms with Crippen molar-refractivity contribution in [3.63, 3.8) is 0 Å². The molecule has 1 heterocycles. The molecule has 0 aliphatic heterocycles. The van der Waals surface area contributed by atoms with Crippen molar-refractivity contribution < 1.29 is 4.79 Å². The summed E-state index contributed by atoms with van der Waals surface area (Å²) in [4.78, 5) is 13.2. The first-order valence-corrected chi connectivity index (χ1v) is 6.26. The quantitative estimate of drug-likeness (QED) is 0.779. The number of likely N-dealkylation sites (N-methyl/N-ethyl adjacent to an activating group) is 1. The van der Waals surface area contributed by atoms with E-state index in [1.54, 1.807) is 4.90 Å². The Morgan fingerprint density at radius 1 is 1.47 bits per heavy atom. The number of nitrogens with one attached hydrogen (secondary N) is 1. The number of hydrogen-bond donors (Lipinski definition) is 1. The highest BCUT2D eigenvalue weighted by Crippen LogP contribution is 2.01. The predicted octanol–water partition coefficient (Wildman–Crippen LogP) is 1.47. The highest BCUT2D eigenvalue weighted by molar-refractivity contribution is 5.77. The maximum absolute atomic E-state index is 11.5. The van der Waals surface area contributed by atoms with Crippen molar-refractivity contribution in [2.75, 3.05) is 20.1 Å². The van der Waals surface area contributed by atoms with Gasteiger partial charge in [0.15, 0.2) is 0 Å². The lowest BCUT2D eigenvalue weighted by Crippen LogP contribution is -2.35. The molecule has 1 aromatic rings. The molecule has 0 atom stereocenters. The number of nitrogens with zero attached hydrogens (tertiary/aromatic N) is 2. The summed E-state index contributed by atoms with van der Waals surface area (Å²) >= 11 is 0. The average Bonchev–Trinajstić information content (AvgIpc) is 2.76. The lowest BCUT2D eigenvalue weighted by Gasteiger charge is -2.14. The van der Waals surface area contributed by atoms with Gasteiger partial charge in [0.25, 0.3) is 0 Å². The van der Waals surface area contributed by atoms with Crippen LogP contribution in [0.2, 0.25) is 0 Å². The molecule has 0 radical (unpaired) electrons. The van der Waals surface area contributed by atoms with E-state index in [0.717, 1.165) is 26.1 Å². The predicted molar refractivity (Wildman–Crippen MR) is 69.7 cm³/mol. The zero-order valence-corrected chi connectivity index (χ0v) is 11.1. The molecule has 1 rings (SSSR count). The van der Waals surface area contributed by atoms with E-state index in [2.05, 4.69) is 35.3 Å². The average molecular weight is 237 g/mol. The van der Waals surface area contributed by atoms with Gasteiger partial charge >= 0.3 is 0 Å². The summed E-state index contributed by atoms with van der Waals surface area (Å²) in [5, 5.41) is 3.17. The first-order valence-electron chi connectivity index (χ1n) is 6.26. The van der Waals surface area contributed by atoms with Crippen LogP contribution in [0, 0.1) is 0 Å². The van der Waals surface area contributed by atoms with Crippen LogP contribution in [0.3, 0.4) is 0 Å². The van der Waals surface area contributed by atoms with Crippen LogP contribution >= 0.6 is 0 Å². The topological polar surface area (TPSA) is 37.3 Å². The number of carbonyl (C=O) groups excluding carboxylic acids is 1. The van der Waals surface area contributed by atoms with Gasteiger partial charge < -0.3 is 14.8 Å². The molecule has 0 unspecified atom stereocenters. The zero-order chi connectivity index (χ0) is 12.7. The summed E-state index contributed by atoms with van der Waals surface area (Å²) in [6.07, 6.45) is 5.35.